The van der Waals surface area contributed by atoms with E-state index in [4.69, 9.17) is 15.5 Å². The van der Waals surface area contributed by atoms with Crippen molar-refractivity contribution in [3.63, 3.8) is 0 Å². The van der Waals surface area contributed by atoms with Gasteiger partial charge in [0.1, 0.15) is 17.0 Å². The Hall–Kier alpha value is -2.92. The summed E-state index contributed by atoms with van der Waals surface area (Å²) in [6.07, 6.45) is 14.4. The highest BCUT2D eigenvalue weighted by atomic mass is 16.5. The minimum atomic E-state index is 0.204. The number of fused-ring (bicyclic) bond motifs is 1. The number of nitrogens with two attached hydrogens (primary N) is 1. The molecule has 1 aliphatic heterocycles. The molecule has 1 aliphatic carbocycles. The highest BCUT2D eigenvalue weighted by Gasteiger charge is 2.21. The predicted molar refractivity (Wildman–Crippen MR) is 119 cm³/mol. The molecule has 2 N–H and O–H groups in total. The highest BCUT2D eigenvalue weighted by molar-refractivity contribution is 6.01. The fourth-order valence-corrected chi connectivity index (χ4v) is 3.96. The van der Waals surface area contributed by atoms with Crippen molar-refractivity contribution in [1.29, 1.82) is 0 Å². The molecule has 4 rings (SSSR count). The number of amidine groups is 1. The van der Waals surface area contributed by atoms with Gasteiger partial charge >= 0.3 is 0 Å². The summed E-state index contributed by atoms with van der Waals surface area (Å²) in [5.41, 5.74) is 8.80. The first-order chi connectivity index (χ1) is 14.2. The van der Waals surface area contributed by atoms with Gasteiger partial charge in [-0.2, -0.15) is 0 Å². The molecule has 1 aromatic heterocycles. The average molecular weight is 389 g/mol. The number of ether oxygens (including phenoxy) is 1. The Morgan fingerprint density at radius 2 is 2.00 bits per heavy atom. The van der Waals surface area contributed by atoms with Crippen LogP contribution in [-0.2, 0) is 0 Å². The van der Waals surface area contributed by atoms with Crippen LogP contribution in [0.5, 0.6) is 5.75 Å². The fraction of sp³-hybridized carbons (Fsp3) is 0.333. The van der Waals surface area contributed by atoms with Crippen molar-refractivity contribution in [2.45, 2.75) is 44.8 Å². The molecule has 2 aliphatic rings. The van der Waals surface area contributed by atoms with Crippen LogP contribution in [0.1, 0.15) is 38.3 Å². The van der Waals surface area contributed by atoms with Gasteiger partial charge in [-0.3, -0.25) is 4.99 Å². The van der Waals surface area contributed by atoms with E-state index in [1.165, 1.54) is 0 Å². The lowest BCUT2D eigenvalue weighted by atomic mass is 9.94. The molecule has 5 nitrogen and oxygen atoms in total. The standard InChI is InChI=1S/C24H28N4O/c1-3-19-8-4-5-16-28(19)24(26-2)21-15-10-17-7-6-9-22(23(17)27-21)29-20-13-11-18(25)12-14-20/h3-10,15-16,18,20H,11-14,25H2,1-2H3/b19-3-,26-24?. The van der Waals surface area contributed by atoms with Gasteiger partial charge in [-0.1, -0.05) is 30.4 Å². The molecular formula is C24H28N4O. The van der Waals surface area contributed by atoms with Crippen molar-refractivity contribution >= 4 is 16.7 Å². The van der Waals surface area contributed by atoms with E-state index in [0.717, 1.165) is 59.6 Å². The molecule has 0 amide bonds. The SMILES string of the molecule is C/C=C1/C=CC=CN1C(=NC)c1ccc2cccc(OC3CCC(N)CC3)c2n1. The lowest BCUT2D eigenvalue weighted by molar-refractivity contribution is 0.149. The van der Waals surface area contributed by atoms with Gasteiger partial charge in [0.05, 0.1) is 6.10 Å². The van der Waals surface area contributed by atoms with Crippen molar-refractivity contribution in [1.82, 2.24) is 9.88 Å². The third-order valence-corrected chi connectivity index (χ3v) is 5.55. The molecule has 1 aromatic carbocycles. The van der Waals surface area contributed by atoms with Crippen LogP contribution >= 0.6 is 0 Å². The average Bonchev–Trinajstić information content (AvgIpc) is 2.76. The molecular weight excluding hydrogens is 360 g/mol. The highest BCUT2D eigenvalue weighted by Crippen LogP contribution is 2.29. The summed E-state index contributed by atoms with van der Waals surface area (Å²) >= 11 is 0. The molecule has 0 bridgehead atoms. The Balaban J connectivity index is 1.67. The number of aromatic nitrogens is 1. The van der Waals surface area contributed by atoms with Crippen molar-refractivity contribution in [3.8, 4) is 5.75 Å². The third-order valence-electron chi connectivity index (χ3n) is 5.55. The first-order valence-electron chi connectivity index (χ1n) is 10.3. The summed E-state index contributed by atoms with van der Waals surface area (Å²) in [5.74, 6) is 1.64. The summed E-state index contributed by atoms with van der Waals surface area (Å²) in [7, 11) is 1.80. The van der Waals surface area contributed by atoms with Gasteiger partial charge in [0.15, 0.2) is 5.84 Å². The number of allylic oxidation sites excluding steroid dienone is 4. The number of hydrogen-bond donors (Lipinski definition) is 1. The Labute approximate surface area is 172 Å². The molecule has 0 spiro atoms. The van der Waals surface area contributed by atoms with Crippen LogP contribution in [0.3, 0.4) is 0 Å². The lowest BCUT2D eigenvalue weighted by Gasteiger charge is -2.27. The van der Waals surface area contributed by atoms with Crippen LogP contribution < -0.4 is 10.5 Å². The quantitative estimate of drug-likeness (QED) is 0.619. The van der Waals surface area contributed by atoms with E-state index >= 15 is 0 Å². The zero-order valence-electron chi connectivity index (χ0n) is 17.1. The molecule has 0 saturated heterocycles. The van der Waals surface area contributed by atoms with E-state index in [1.807, 2.05) is 43.5 Å². The maximum Gasteiger partial charge on any atom is 0.158 e. The second kappa shape index (κ2) is 8.62. The summed E-state index contributed by atoms with van der Waals surface area (Å²) < 4.78 is 6.36. The van der Waals surface area contributed by atoms with Gasteiger partial charge in [-0.15, -0.1) is 0 Å². The van der Waals surface area contributed by atoms with E-state index in [0.29, 0.717) is 6.04 Å². The van der Waals surface area contributed by atoms with E-state index in [-0.39, 0.29) is 6.10 Å². The Morgan fingerprint density at radius 1 is 1.17 bits per heavy atom. The van der Waals surface area contributed by atoms with E-state index in [1.54, 1.807) is 7.05 Å². The Morgan fingerprint density at radius 3 is 2.76 bits per heavy atom. The van der Waals surface area contributed by atoms with Crippen LogP contribution in [-0.4, -0.2) is 34.9 Å². The Bertz CT molecular complexity index is 997. The largest absolute Gasteiger partial charge is 0.488 e. The molecule has 150 valence electrons. The molecule has 5 heteroatoms. The van der Waals surface area contributed by atoms with Crippen molar-refractivity contribution in [2.24, 2.45) is 10.7 Å². The van der Waals surface area contributed by atoms with Gasteiger partial charge in [0.2, 0.25) is 0 Å². The van der Waals surface area contributed by atoms with Crippen LogP contribution in [0.2, 0.25) is 0 Å². The predicted octanol–water partition coefficient (Wildman–Crippen LogP) is 4.55. The van der Waals surface area contributed by atoms with Gasteiger partial charge in [0, 0.05) is 30.4 Å². The number of pyridine rings is 1. The van der Waals surface area contributed by atoms with E-state index in [9.17, 15) is 0 Å². The summed E-state index contributed by atoms with van der Waals surface area (Å²) in [6.45, 7) is 2.02. The van der Waals surface area contributed by atoms with Crippen molar-refractivity contribution in [3.05, 3.63) is 72.2 Å². The molecule has 1 saturated carbocycles. The van der Waals surface area contributed by atoms with E-state index < -0.39 is 0 Å². The number of benzene rings is 1. The first kappa shape index (κ1) is 19.4. The van der Waals surface area contributed by atoms with Gasteiger partial charge in [0.25, 0.3) is 0 Å². The zero-order valence-corrected chi connectivity index (χ0v) is 17.1. The molecule has 2 heterocycles. The number of nitrogens with zero attached hydrogens (tertiary/aromatic N) is 3. The normalized spacial score (nSPS) is 23.8. The molecule has 0 unspecified atom stereocenters. The van der Waals surface area contributed by atoms with Crippen LogP contribution in [0.15, 0.2) is 71.5 Å². The molecule has 0 radical (unpaired) electrons. The number of rotatable bonds is 3. The summed E-state index contributed by atoms with van der Waals surface area (Å²) in [4.78, 5) is 11.6. The summed E-state index contributed by atoms with van der Waals surface area (Å²) in [6, 6.07) is 10.5. The maximum atomic E-state index is 6.36. The Kier molecular flexibility index (Phi) is 5.76. The minimum absolute atomic E-state index is 0.204. The number of hydrogen-bond acceptors (Lipinski definition) is 4. The number of para-hydroxylation sites is 1. The number of aliphatic imine (C=N–C) groups is 1. The first-order valence-corrected chi connectivity index (χ1v) is 10.3. The molecule has 1 fully saturated rings. The van der Waals surface area contributed by atoms with Gasteiger partial charge in [-0.05, 0) is 56.9 Å². The second-order valence-corrected chi connectivity index (χ2v) is 7.51. The maximum absolute atomic E-state index is 6.36. The van der Waals surface area contributed by atoms with Crippen molar-refractivity contribution < 1.29 is 4.74 Å². The zero-order chi connectivity index (χ0) is 20.2. The van der Waals surface area contributed by atoms with E-state index in [2.05, 4.69) is 34.2 Å². The minimum Gasteiger partial charge on any atom is -0.488 e. The van der Waals surface area contributed by atoms with Crippen LogP contribution in [0.4, 0.5) is 0 Å². The van der Waals surface area contributed by atoms with Crippen LogP contribution in [0.25, 0.3) is 10.9 Å². The molecule has 2 aromatic rings. The van der Waals surface area contributed by atoms with Gasteiger partial charge < -0.3 is 15.4 Å². The smallest absolute Gasteiger partial charge is 0.158 e. The molecule has 0 atom stereocenters. The van der Waals surface area contributed by atoms with Crippen molar-refractivity contribution in [2.75, 3.05) is 7.05 Å². The summed E-state index contributed by atoms with van der Waals surface area (Å²) in [5, 5.41) is 1.06. The topological polar surface area (TPSA) is 63.7 Å². The monoisotopic (exact) mass is 388 g/mol. The second-order valence-electron chi connectivity index (χ2n) is 7.51. The van der Waals surface area contributed by atoms with Gasteiger partial charge in [-0.25, -0.2) is 4.98 Å². The molecule has 29 heavy (non-hydrogen) atoms. The van der Waals surface area contributed by atoms with Crippen LogP contribution in [0, 0.1) is 0 Å². The third kappa shape index (κ3) is 4.10. The lowest BCUT2D eigenvalue weighted by Crippen LogP contribution is -2.31. The fourth-order valence-electron chi connectivity index (χ4n) is 3.96.